The molecule has 1 saturated heterocycles. The number of halogens is 3. The number of nitrogens with one attached hydrogen (secondary N) is 2. The maximum absolute atomic E-state index is 15.2. The van der Waals surface area contributed by atoms with E-state index in [0.29, 0.717) is 43.5 Å². The van der Waals surface area contributed by atoms with Gasteiger partial charge in [-0.3, -0.25) is 4.79 Å². The molecule has 224 valence electrons. The first-order valence-corrected chi connectivity index (χ1v) is 15.6. The topological polar surface area (TPSA) is 105 Å². The van der Waals surface area contributed by atoms with Crippen molar-refractivity contribution in [1.29, 1.82) is 0 Å². The van der Waals surface area contributed by atoms with Crippen LogP contribution in [0.15, 0.2) is 66.7 Å². The molecule has 1 saturated carbocycles. The molecule has 2 aliphatic rings. The van der Waals surface area contributed by atoms with Crippen molar-refractivity contribution < 1.29 is 26.4 Å². The molecule has 3 atom stereocenters. The minimum Gasteiger partial charge on any atom is -0.324 e. The molecular formula is C31H35F3N4O3S. The van der Waals surface area contributed by atoms with Crippen molar-refractivity contribution >= 4 is 21.6 Å². The van der Waals surface area contributed by atoms with Crippen molar-refractivity contribution in [1.82, 2.24) is 9.62 Å². The third-order valence-electron chi connectivity index (χ3n) is 8.04. The van der Waals surface area contributed by atoms with Gasteiger partial charge >= 0.3 is 0 Å². The van der Waals surface area contributed by atoms with Crippen molar-refractivity contribution in [2.24, 2.45) is 5.73 Å². The molecule has 1 aliphatic carbocycles. The third-order valence-corrected chi connectivity index (χ3v) is 10.6. The van der Waals surface area contributed by atoms with Gasteiger partial charge < -0.3 is 16.4 Å². The maximum atomic E-state index is 15.2. The molecule has 1 aliphatic heterocycles. The molecule has 2 fully saturated rings. The summed E-state index contributed by atoms with van der Waals surface area (Å²) in [6.45, 7) is 2.85. The fourth-order valence-corrected chi connectivity index (χ4v) is 8.09. The number of amides is 1. The highest BCUT2D eigenvalue weighted by Crippen LogP contribution is 2.35. The molecule has 5 rings (SSSR count). The third kappa shape index (κ3) is 6.54. The lowest BCUT2D eigenvalue weighted by Gasteiger charge is -2.40. The summed E-state index contributed by atoms with van der Waals surface area (Å²) in [5.74, 6) is -3.14. The zero-order valence-electron chi connectivity index (χ0n) is 23.3. The van der Waals surface area contributed by atoms with Gasteiger partial charge in [0.05, 0.1) is 11.3 Å². The highest BCUT2D eigenvalue weighted by Gasteiger charge is 2.45. The fourth-order valence-electron chi connectivity index (χ4n) is 5.84. The Hall–Kier alpha value is -3.25. The number of sulfonamides is 1. The van der Waals surface area contributed by atoms with Crippen LogP contribution in [0.5, 0.6) is 0 Å². The Morgan fingerprint density at radius 3 is 2.21 bits per heavy atom. The van der Waals surface area contributed by atoms with Crippen LogP contribution in [-0.2, 0) is 21.2 Å². The average molecular weight is 601 g/mol. The zero-order chi connectivity index (χ0) is 30.0. The maximum Gasteiger partial charge on any atom is 0.242 e. The van der Waals surface area contributed by atoms with Crippen LogP contribution >= 0.6 is 0 Å². The van der Waals surface area contributed by atoms with E-state index in [4.69, 9.17) is 5.73 Å². The van der Waals surface area contributed by atoms with Gasteiger partial charge in [0.1, 0.15) is 17.5 Å². The molecule has 0 radical (unpaired) electrons. The van der Waals surface area contributed by atoms with Crippen LogP contribution in [0, 0.1) is 17.5 Å². The number of nitrogens with two attached hydrogens (primary N) is 1. The number of benzene rings is 3. The van der Waals surface area contributed by atoms with Crippen LogP contribution in [0.3, 0.4) is 0 Å². The molecule has 42 heavy (non-hydrogen) atoms. The largest absolute Gasteiger partial charge is 0.324 e. The Morgan fingerprint density at radius 2 is 1.62 bits per heavy atom. The second-order valence-corrected chi connectivity index (χ2v) is 13.3. The van der Waals surface area contributed by atoms with Crippen LogP contribution in [-0.4, -0.2) is 55.1 Å². The first-order chi connectivity index (χ1) is 20.1. The SMILES string of the molecule is C[C@H]1CNCC(CCc2c(F)cccc2NC(=O)[C@@H](N)C(c2cccc(F)c2)c2cccc(F)c2)N1S(=O)(=O)C1CC1. The monoisotopic (exact) mass is 600 g/mol. The molecule has 0 spiro atoms. The molecule has 3 aromatic carbocycles. The number of hydrogen-bond donors (Lipinski definition) is 3. The van der Waals surface area contributed by atoms with Crippen LogP contribution in [0.2, 0.25) is 0 Å². The van der Waals surface area contributed by atoms with Crippen LogP contribution < -0.4 is 16.4 Å². The fraction of sp³-hybridized carbons (Fsp3) is 0.387. The van der Waals surface area contributed by atoms with Gasteiger partial charge in [0, 0.05) is 42.3 Å². The lowest BCUT2D eigenvalue weighted by atomic mass is 9.84. The quantitative estimate of drug-likeness (QED) is 0.322. The normalized spacial score (nSPS) is 20.4. The molecule has 4 N–H and O–H groups in total. The van der Waals surface area contributed by atoms with Crippen molar-refractivity contribution in [3.05, 3.63) is 101 Å². The number of carbonyl (C=O) groups is 1. The molecule has 1 heterocycles. The summed E-state index contributed by atoms with van der Waals surface area (Å²) in [5, 5.41) is 5.65. The van der Waals surface area contributed by atoms with Crippen molar-refractivity contribution in [2.75, 3.05) is 18.4 Å². The summed E-state index contributed by atoms with van der Waals surface area (Å²) in [6.07, 6.45) is 1.82. The molecule has 0 bridgehead atoms. The van der Waals surface area contributed by atoms with Gasteiger partial charge in [0.2, 0.25) is 15.9 Å². The van der Waals surface area contributed by atoms with Crippen LogP contribution in [0.1, 0.15) is 48.8 Å². The summed E-state index contributed by atoms with van der Waals surface area (Å²) >= 11 is 0. The highest BCUT2D eigenvalue weighted by molar-refractivity contribution is 7.90. The van der Waals surface area contributed by atoms with Crippen LogP contribution in [0.4, 0.5) is 18.9 Å². The van der Waals surface area contributed by atoms with Gasteiger partial charge in [-0.2, -0.15) is 4.31 Å². The summed E-state index contributed by atoms with van der Waals surface area (Å²) in [5.41, 5.74) is 7.65. The van der Waals surface area contributed by atoms with Gasteiger partial charge in [-0.25, -0.2) is 21.6 Å². The number of rotatable bonds is 10. The zero-order valence-corrected chi connectivity index (χ0v) is 24.1. The summed E-state index contributed by atoms with van der Waals surface area (Å²) < 4.78 is 71.4. The molecule has 1 amide bonds. The van der Waals surface area contributed by atoms with Gasteiger partial charge in [0.15, 0.2) is 0 Å². The van der Waals surface area contributed by atoms with E-state index in [1.54, 1.807) is 22.5 Å². The van der Waals surface area contributed by atoms with E-state index in [2.05, 4.69) is 10.6 Å². The number of nitrogens with zero attached hydrogens (tertiary/aromatic N) is 1. The number of anilines is 1. The number of piperazine rings is 1. The smallest absolute Gasteiger partial charge is 0.242 e. The Bertz CT molecular complexity index is 1500. The Kier molecular flexibility index (Phi) is 9.03. The summed E-state index contributed by atoms with van der Waals surface area (Å²) in [6, 6.07) is 13.7. The number of carbonyl (C=O) groups excluding carboxylic acids is 1. The van der Waals surface area contributed by atoms with E-state index in [1.807, 2.05) is 6.92 Å². The summed E-state index contributed by atoms with van der Waals surface area (Å²) in [7, 11) is -3.45. The lowest BCUT2D eigenvalue weighted by Crippen LogP contribution is -2.59. The van der Waals surface area contributed by atoms with E-state index in [0.717, 1.165) is 0 Å². The van der Waals surface area contributed by atoms with E-state index >= 15 is 4.39 Å². The molecule has 0 aromatic heterocycles. The first-order valence-electron chi connectivity index (χ1n) is 14.1. The van der Waals surface area contributed by atoms with Crippen molar-refractivity contribution in [2.45, 2.75) is 61.9 Å². The Balaban J connectivity index is 1.37. The van der Waals surface area contributed by atoms with E-state index in [1.165, 1.54) is 48.5 Å². The predicted octanol–water partition coefficient (Wildman–Crippen LogP) is 4.29. The first kappa shape index (κ1) is 30.2. The van der Waals surface area contributed by atoms with E-state index in [-0.39, 0.29) is 35.0 Å². The van der Waals surface area contributed by atoms with Crippen molar-refractivity contribution in [3.8, 4) is 0 Å². The van der Waals surface area contributed by atoms with Gasteiger partial charge in [-0.15, -0.1) is 0 Å². The minimum absolute atomic E-state index is 0.171. The average Bonchev–Trinajstić information content (AvgIpc) is 3.79. The highest BCUT2D eigenvalue weighted by atomic mass is 32.2. The van der Waals surface area contributed by atoms with Crippen LogP contribution in [0.25, 0.3) is 0 Å². The van der Waals surface area contributed by atoms with E-state index < -0.39 is 45.3 Å². The Morgan fingerprint density at radius 1 is 1.00 bits per heavy atom. The van der Waals surface area contributed by atoms with Gasteiger partial charge in [-0.05, 0) is 80.1 Å². The molecule has 1 unspecified atom stereocenters. The van der Waals surface area contributed by atoms with E-state index in [9.17, 15) is 22.0 Å². The molecule has 7 nitrogen and oxygen atoms in total. The molecule has 11 heteroatoms. The Labute approximate surface area is 244 Å². The second-order valence-electron chi connectivity index (χ2n) is 11.1. The second kappa shape index (κ2) is 12.5. The minimum atomic E-state index is -3.45. The van der Waals surface area contributed by atoms with Crippen molar-refractivity contribution in [3.63, 3.8) is 0 Å². The summed E-state index contributed by atoms with van der Waals surface area (Å²) in [4.78, 5) is 13.5. The molecule has 3 aromatic rings. The van der Waals surface area contributed by atoms with Gasteiger partial charge in [-0.1, -0.05) is 30.3 Å². The standard InChI is InChI=1S/C31H35F3N4O3S/c1-19-17-36-18-24(38(19)42(40,41)25-12-13-25)11-14-26-27(34)9-4-10-28(26)37-31(39)30(35)29(20-5-2-7-22(32)15-20)21-6-3-8-23(33)16-21/h2-10,15-16,19,24-25,29-30,36H,11-14,17-18,35H2,1H3,(H,37,39)/t19-,24?,30-/m0/s1. The molecular weight excluding hydrogens is 565 g/mol. The van der Waals surface area contributed by atoms with Gasteiger partial charge in [0.25, 0.3) is 0 Å². The lowest BCUT2D eigenvalue weighted by molar-refractivity contribution is -0.117. The predicted molar refractivity (Wildman–Crippen MR) is 156 cm³/mol. The number of hydrogen-bond acceptors (Lipinski definition) is 5.